The molecule has 0 atom stereocenters. The smallest absolute Gasteiger partial charge is 0.217 e. The molecule has 2 heterocycles. The van der Waals surface area contributed by atoms with Gasteiger partial charge in [-0.15, -0.1) is 24.8 Å². The molecule has 1 amide bonds. The average molecular weight is 708 g/mol. The van der Waals surface area contributed by atoms with Gasteiger partial charge in [0.1, 0.15) is 5.84 Å². The van der Waals surface area contributed by atoms with Gasteiger partial charge in [0.05, 0.1) is 28.5 Å². The lowest BCUT2D eigenvalue weighted by Crippen LogP contribution is -2.20. The summed E-state index contributed by atoms with van der Waals surface area (Å²) in [4.78, 5) is 24.3. The monoisotopic (exact) mass is 707 g/mol. The molecule has 10 heteroatoms. The maximum absolute atomic E-state index is 10.8. The number of hydrogen-bond donors (Lipinski definition) is 3. The van der Waals surface area contributed by atoms with Gasteiger partial charge < -0.3 is 16.0 Å². The van der Waals surface area contributed by atoms with Crippen LogP contribution in [0.3, 0.4) is 0 Å². The Morgan fingerprint density at radius 2 is 1.60 bits per heavy atom. The molecule has 0 unspecified atom stereocenters. The molecule has 1 aliphatic rings. The molecular formula is C42H61N9O. The van der Waals surface area contributed by atoms with Crippen LogP contribution in [-0.2, 0) is 37.8 Å². The second kappa shape index (κ2) is 23.2. The number of benzene rings is 2. The van der Waals surface area contributed by atoms with Gasteiger partial charge in [-0.05, 0) is 88.4 Å². The van der Waals surface area contributed by atoms with E-state index in [-0.39, 0.29) is 5.91 Å². The summed E-state index contributed by atoms with van der Waals surface area (Å²) in [5.74, 6) is 0.884. The van der Waals surface area contributed by atoms with Gasteiger partial charge in [0.15, 0.2) is 0 Å². The predicted molar refractivity (Wildman–Crippen MR) is 221 cm³/mol. The lowest BCUT2D eigenvalue weighted by Gasteiger charge is -2.15. The van der Waals surface area contributed by atoms with Crippen LogP contribution in [0.2, 0.25) is 0 Å². The van der Waals surface area contributed by atoms with Crippen LogP contribution < -0.4 is 16.0 Å². The van der Waals surface area contributed by atoms with Crippen molar-refractivity contribution in [1.29, 1.82) is 0 Å². The second-order valence-corrected chi connectivity index (χ2v) is 12.7. The number of amides is 1. The summed E-state index contributed by atoms with van der Waals surface area (Å²) in [5.41, 5.74) is 13.5. The number of nitrogens with one attached hydrogen (secondary N) is 3. The van der Waals surface area contributed by atoms with Crippen LogP contribution in [0, 0.1) is 20.8 Å². The molecule has 2 aromatic carbocycles. The Morgan fingerprint density at radius 1 is 0.923 bits per heavy atom. The minimum absolute atomic E-state index is 0.00446. The average Bonchev–Trinajstić information content (AvgIpc) is 3.50. The fraction of sp³-hybridized carbons (Fsp3) is 0.381. The molecule has 280 valence electrons. The number of rotatable bonds is 9. The van der Waals surface area contributed by atoms with Crippen molar-refractivity contribution < 1.29 is 4.79 Å². The van der Waals surface area contributed by atoms with E-state index in [4.69, 9.17) is 4.98 Å². The molecule has 3 N–H and O–H groups in total. The summed E-state index contributed by atoms with van der Waals surface area (Å²) in [6.07, 6.45) is 3.04. The Kier molecular flexibility index (Phi) is 19.9. The van der Waals surface area contributed by atoms with Crippen molar-refractivity contribution in [3.8, 4) is 0 Å². The number of nitrogens with zero attached hydrogens (tertiary/aromatic N) is 6. The van der Waals surface area contributed by atoms with Gasteiger partial charge in [-0.2, -0.15) is 0 Å². The van der Waals surface area contributed by atoms with E-state index in [1.165, 1.54) is 29.2 Å². The molecule has 4 rings (SSSR count). The normalized spacial score (nSPS) is 11.1. The summed E-state index contributed by atoms with van der Waals surface area (Å²) in [7, 11) is 5.56. The van der Waals surface area contributed by atoms with Crippen molar-refractivity contribution in [2.45, 2.75) is 87.7 Å². The molecule has 1 aliphatic heterocycles. The standard InChI is InChI=1S/C24H35N7.C12H14N2O.C4H8.C2H4/c1-9-10-20-14-21(24(25-6)26-7)11-12-22(20)15-27-19(5)23-13-16(2)31(8)30-29-18(4)17(3)28-23;1-8-5-11-4-3-10(6-12(11)14-8)7-13-9(2)15;1-4(2)3;1-2/h11-14,27H,5,9-10,15H2,1-4,6-8H3,(H,25,26);3-4,6H,5,7H2,1-2H3,(H,13,15);1H2,2-3H3;1-2H2. The van der Waals surface area contributed by atoms with Gasteiger partial charge in [-0.25, -0.2) is 4.98 Å². The highest BCUT2D eigenvalue weighted by Crippen LogP contribution is 2.27. The van der Waals surface area contributed by atoms with Crippen molar-refractivity contribution in [2.24, 2.45) is 17.0 Å². The molecule has 3 aromatic rings. The highest BCUT2D eigenvalue weighted by Gasteiger charge is 2.12. The molecule has 0 saturated carbocycles. The van der Waals surface area contributed by atoms with Crippen LogP contribution >= 0.6 is 0 Å². The number of allylic oxidation sites excluding steroid dienone is 1. The van der Waals surface area contributed by atoms with E-state index in [9.17, 15) is 4.79 Å². The zero-order valence-electron chi connectivity index (χ0n) is 33.5. The first-order chi connectivity index (χ1) is 24.7. The van der Waals surface area contributed by atoms with Gasteiger partial charge >= 0.3 is 0 Å². The first kappa shape index (κ1) is 44.6. The van der Waals surface area contributed by atoms with Gasteiger partial charge in [0.2, 0.25) is 5.91 Å². The van der Waals surface area contributed by atoms with Crippen molar-refractivity contribution in [1.82, 2.24) is 35.9 Å². The fourth-order valence-corrected chi connectivity index (χ4v) is 4.86. The second-order valence-electron chi connectivity index (χ2n) is 12.7. The molecule has 0 spiro atoms. The maximum Gasteiger partial charge on any atom is 0.217 e. The third-order valence-corrected chi connectivity index (χ3v) is 7.71. The number of fused-ring (bicyclic) bond motifs is 1. The van der Waals surface area contributed by atoms with Crippen molar-refractivity contribution in [3.63, 3.8) is 0 Å². The lowest BCUT2D eigenvalue weighted by molar-refractivity contribution is -0.119. The minimum Gasteiger partial charge on any atom is -0.380 e. The molecule has 0 saturated heterocycles. The van der Waals surface area contributed by atoms with E-state index < -0.39 is 0 Å². The predicted octanol–water partition coefficient (Wildman–Crippen LogP) is 7.92. The van der Waals surface area contributed by atoms with Crippen LogP contribution in [0.4, 0.5) is 5.69 Å². The number of aryl methyl sites for hydroxylation is 5. The molecule has 0 aliphatic carbocycles. The van der Waals surface area contributed by atoms with E-state index in [1.54, 1.807) is 11.7 Å². The van der Waals surface area contributed by atoms with E-state index in [1.807, 2.05) is 73.8 Å². The Labute approximate surface area is 312 Å². The van der Waals surface area contributed by atoms with Crippen LogP contribution in [0.25, 0.3) is 5.70 Å². The van der Waals surface area contributed by atoms with E-state index in [0.717, 1.165) is 76.1 Å². The summed E-state index contributed by atoms with van der Waals surface area (Å²) in [6, 6.07) is 14.6. The third kappa shape index (κ3) is 15.2. The first-order valence-corrected chi connectivity index (χ1v) is 17.5. The van der Waals surface area contributed by atoms with Crippen LogP contribution in [0.1, 0.15) is 91.6 Å². The molecule has 0 radical (unpaired) electrons. The van der Waals surface area contributed by atoms with Crippen molar-refractivity contribution in [3.05, 3.63) is 125 Å². The highest BCUT2D eigenvalue weighted by atomic mass is 16.1. The molecule has 0 bridgehead atoms. The van der Waals surface area contributed by atoms with E-state index >= 15 is 0 Å². The number of hydrogen-bond acceptors (Lipinski definition) is 7. The SMILES string of the molecule is C=C.C=C(C)C.C=C(NCc1ccc(C(=NC)NC)cc1CCC)c1cc(C)n(C)nnc(C)c(C)n1.CC(=O)NCc1ccc2c(c1)N=C(C)C2. The van der Waals surface area contributed by atoms with Crippen LogP contribution in [0.15, 0.2) is 84.3 Å². The largest absolute Gasteiger partial charge is 0.380 e. The highest BCUT2D eigenvalue weighted by molar-refractivity contribution is 5.98. The number of carbonyl (C=O) groups is 1. The maximum atomic E-state index is 10.8. The number of amidine groups is 1. The summed E-state index contributed by atoms with van der Waals surface area (Å²) >= 11 is 0. The number of aliphatic imine (C=N–C) groups is 2. The zero-order chi connectivity index (χ0) is 39.4. The number of aromatic nitrogens is 4. The van der Waals surface area contributed by atoms with E-state index in [2.05, 4.69) is 93.8 Å². The fourth-order valence-electron chi connectivity index (χ4n) is 4.86. The summed E-state index contributed by atoms with van der Waals surface area (Å²) in [6.45, 7) is 30.6. The quantitative estimate of drug-likeness (QED) is 0.118. The Hall–Kier alpha value is -5.38. The molecule has 10 nitrogen and oxygen atoms in total. The third-order valence-electron chi connectivity index (χ3n) is 7.71. The topological polar surface area (TPSA) is 121 Å². The van der Waals surface area contributed by atoms with Gasteiger partial charge in [0, 0.05) is 64.5 Å². The zero-order valence-corrected chi connectivity index (χ0v) is 33.5. The Bertz CT molecular complexity index is 1760. The van der Waals surface area contributed by atoms with Gasteiger partial charge in [-0.3, -0.25) is 19.5 Å². The summed E-state index contributed by atoms with van der Waals surface area (Å²) in [5, 5.41) is 17.8. The van der Waals surface area contributed by atoms with Crippen LogP contribution in [-0.4, -0.2) is 51.5 Å². The minimum atomic E-state index is -0.00446. The lowest BCUT2D eigenvalue weighted by atomic mass is 9.99. The van der Waals surface area contributed by atoms with Crippen molar-refractivity contribution in [2.75, 3.05) is 14.1 Å². The molecule has 52 heavy (non-hydrogen) atoms. The van der Waals surface area contributed by atoms with Gasteiger partial charge in [-0.1, -0.05) is 55.0 Å². The van der Waals surface area contributed by atoms with Gasteiger partial charge in [0.25, 0.3) is 0 Å². The molecular weight excluding hydrogens is 647 g/mol. The first-order valence-electron chi connectivity index (χ1n) is 17.5. The van der Waals surface area contributed by atoms with Crippen LogP contribution in [0.5, 0.6) is 0 Å². The summed E-state index contributed by atoms with van der Waals surface area (Å²) < 4.78 is 1.73. The Morgan fingerprint density at radius 3 is 2.19 bits per heavy atom. The Balaban J connectivity index is 0.000000530. The van der Waals surface area contributed by atoms with E-state index in [0.29, 0.717) is 13.1 Å². The molecule has 0 fully saturated rings. The number of carbonyl (C=O) groups excluding carboxylic acids is 1. The van der Waals surface area contributed by atoms with Crippen molar-refractivity contribution >= 4 is 28.8 Å². The molecule has 1 aromatic heterocycles.